The lowest BCUT2D eigenvalue weighted by Gasteiger charge is -2.18. The third-order valence-electron chi connectivity index (χ3n) is 4.32. The third-order valence-corrected chi connectivity index (χ3v) is 4.32. The number of anilines is 1. The maximum absolute atomic E-state index is 12.0. The second kappa shape index (κ2) is 7.44. The Morgan fingerprint density at radius 3 is 2.74 bits per heavy atom. The fraction of sp³-hybridized carbons (Fsp3) is 0.667. The third kappa shape index (κ3) is 3.63. The Morgan fingerprint density at radius 1 is 1.35 bits per heavy atom. The zero-order valence-electron chi connectivity index (χ0n) is 13.8. The highest BCUT2D eigenvalue weighted by atomic mass is 16.5. The van der Waals surface area contributed by atoms with Crippen molar-refractivity contribution in [2.24, 2.45) is 20.0 Å². The first kappa shape index (κ1) is 17.2. The summed E-state index contributed by atoms with van der Waals surface area (Å²) in [6.45, 7) is 4.19. The molecule has 1 N–H and O–H groups in total. The van der Waals surface area contributed by atoms with E-state index in [1.165, 1.54) is 11.6 Å². The van der Waals surface area contributed by atoms with Crippen molar-refractivity contribution in [3.8, 4) is 6.07 Å². The van der Waals surface area contributed by atoms with Gasteiger partial charge in [0.1, 0.15) is 11.9 Å². The van der Waals surface area contributed by atoms with Gasteiger partial charge in [0.25, 0.3) is 5.56 Å². The van der Waals surface area contributed by atoms with Gasteiger partial charge in [-0.2, -0.15) is 5.26 Å². The Kier molecular flexibility index (Phi) is 5.58. The van der Waals surface area contributed by atoms with E-state index in [1.807, 2.05) is 6.07 Å². The number of ether oxygens (including phenoxy) is 1. The molecule has 2 heterocycles. The minimum atomic E-state index is -0.564. The topological polar surface area (TPSA) is 92.3 Å². The lowest BCUT2D eigenvalue weighted by atomic mass is 10.1. The van der Waals surface area contributed by atoms with Gasteiger partial charge in [-0.25, -0.2) is 4.79 Å². The average molecular weight is 321 g/mol. The standard InChI is InChI=1S/C15H23N5O3/c1-18-13(12(8-16)14(21)19(2)15(18)22)17-9-11-4-5-20(10-11)6-7-23-3/h11,17H,4-7,9-10H2,1-3H3/t11-/m0/s1. The molecule has 1 aromatic rings. The molecule has 1 aliphatic heterocycles. The lowest BCUT2D eigenvalue weighted by molar-refractivity contribution is 0.159. The van der Waals surface area contributed by atoms with Crippen molar-refractivity contribution in [1.82, 2.24) is 14.0 Å². The maximum atomic E-state index is 12.0. The van der Waals surface area contributed by atoms with E-state index in [0.717, 1.165) is 30.6 Å². The number of likely N-dealkylation sites (tertiary alicyclic amines) is 1. The van der Waals surface area contributed by atoms with Crippen LogP contribution in [0.25, 0.3) is 0 Å². The van der Waals surface area contributed by atoms with Gasteiger partial charge in [0.05, 0.1) is 6.61 Å². The van der Waals surface area contributed by atoms with Crippen molar-refractivity contribution >= 4 is 5.82 Å². The highest BCUT2D eigenvalue weighted by Gasteiger charge is 2.23. The van der Waals surface area contributed by atoms with Crippen molar-refractivity contribution in [3.63, 3.8) is 0 Å². The molecular weight excluding hydrogens is 298 g/mol. The normalized spacial score (nSPS) is 18.1. The number of methoxy groups -OCH3 is 1. The van der Waals surface area contributed by atoms with Crippen LogP contribution in [0.4, 0.5) is 5.82 Å². The van der Waals surface area contributed by atoms with E-state index in [1.54, 1.807) is 14.2 Å². The van der Waals surface area contributed by atoms with E-state index in [9.17, 15) is 14.9 Å². The van der Waals surface area contributed by atoms with Crippen LogP contribution < -0.4 is 16.6 Å². The van der Waals surface area contributed by atoms with Gasteiger partial charge in [-0.1, -0.05) is 0 Å². The molecule has 2 rings (SSSR count). The predicted octanol–water partition coefficient (Wildman–Crippen LogP) is -0.664. The van der Waals surface area contributed by atoms with Crippen LogP contribution in [0.1, 0.15) is 12.0 Å². The van der Waals surface area contributed by atoms with E-state index in [-0.39, 0.29) is 5.56 Å². The van der Waals surface area contributed by atoms with Gasteiger partial charge in [-0.3, -0.25) is 13.9 Å². The van der Waals surface area contributed by atoms with Gasteiger partial charge in [0.2, 0.25) is 0 Å². The molecule has 1 saturated heterocycles. The van der Waals surface area contributed by atoms with E-state index in [4.69, 9.17) is 4.74 Å². The summed E-state index contributed by atoms with van der Waals surface area (Å²) < 4.78 is 7.35. The quantitative estimate of drug-likeness (QED) is 0.747. The van der Waals surface area contributed by atoms with Crippen molar-refractivity contribution in [2.75, 3.05) is 45.2 Å². The molecule has 0 amide bonds. The van der Waals surface area contributed by atoms with Crippen molar-refractivity contribution in [3.05, 3.63) is 26.4 Å². The summed E-state index contributed by atoms with van der Waals surface area (Å²) >= 11 is 0. The van der Waals surface area contributed by atoms with Crippen LogP contribution in [0.15, 0.2) is 9.59 Å². The Bertz CT molecular complexity index is 716. The molecule has 0 saturated carbocycles. The van der Waals surface area contributed by atoms with Gasteiger partial charge in [-0.15, -0.1) is 0 Å². The minimum Gasteiger partial charge on any atom is -0.383 e. The number of nitrogens with one attached hydrogen (secondary N) is 1. The Morgan fingerprint density at radius 2 is 2.09 bits per heavy atom. The van der Waals surface area contributed by atoms with Gasteiger partial charge < -0.3 is 15.0 Å². The number of aromatic nitrogens is 2. The van der Waals surface area contributed by atoms with Crippen LogP contribution in [-0.4, -0.2) is 53.9 Å². The molecule has 126 valence electrons. The van der Waals surface area contributed by atoms with E-state index >= 15 is 0 Å². The summed E-state index contributed by atoms with van der Waals surface area (Å²) in [6.07, 6.45) is 1.04. The van der Waals surface area contributed by atoms with Gasteiger partial charge >= 0.3 is 5.69 Å². The number of rotatable bonds is 6. The Hall–Kier alpha value is -2.11. The molecule has 23 heavy (non-hydrogen) atoms. The summed E-state index contributed by atoms with van der Waals surface area (Å²) in [5, 5.41) is 12.4. The van der Waals surface area contributed by atoms with Crippen LogP contribution in [0.5, 0.6) is 0 Å². The summed E-state index contributed by atoms with van der Waals surface area (Å²) in [5.74, 6) is 0.716. The second-order valence-corrected chi connectivity index (χ2v) is 5.87. The van der Waals surface area contributed by atoms with E-state index < -0.39 is 11.2 Å². The summed E-state index contributed by atoms with van der Waals surface area (Å²) in [7, 11) is 4.62. The van der Waals surface area contributed by atoms with Crippen LogP contribution in [-0.2, 0) is 18.8 Å². The van der Waals surface area contributed by atoms with Crippen LogP contribution in [0, 0.1) is 17.2 Å². The molecule has 1 fully saturated rings. The second-order valence-electron chi connectivity index (χ2n) is 5.87. The van der Waals surface area contributed by atoms with Gasteiger partial charge in [-0.05, 0) is 18.9 Å². The molecule has 1 atom stereocenters. The smallest absolute Gasteiger partial charge is 0.332 e. The van der Waals surface area contributed by atoms with Crippen molar-refractivity contribution in [1.29, 1.82) is 5.26 Å². The molecule has 0 bridgehead atoms. The largest absolute Gasteiger partial charge is 0.383 e. The zero-order chi connectivity index (χ0) is 17.0. The first-order valence-corrected chi connectivity index (χ1v) is 7.64. The molecule has 8 nitrogen and oxygen atoms in total. The molecule has 0 radical (unpaired) electrons. The van der Waals surface area contributed by atoms with Crippen molar-refractivity contribution < 1.29 is 4.74 Å². The number of nitriles is 1. The Balaban J connectivity index is 2.09. The fourth-order valence-electron chi connectivity index (χ4n) is 2.90. The van der Waals surface area contributed by atoms with Crippen LogP contribution in [0.3, 0.4) is 0 Å². The molecule has 1 aromatic heterocycles. The summed E-state index contributed by atoms with van der Waals surface area (Å²) in [4.78, 5) is 26.3. The molecule has 0 spiro atoms. The first-order chi connectivity index (χ1) is 11.0. The van der Waals surface area contributed by atoms with Crippen molar-refractivity contribution in [2.45, 2.75) is 6.42 Å². The molecule has 8 heteroatoms. The highest BCUT2D eigenvalue weighted by Crippen LogP contribution is 2.17. The molecule has 0 aliphatic carbocycles. The molecule has 1 aliphatic rings. The SMILES string of the molecule is COCCN1CC[C@@H](CNc2c(C#N)c(=O)n(C)c(=O)n2C)C1. The lowest BCUT2D eigenvalue weighted by Crippen LogP contribution is -2.40. The monoisotopic (exact) mass is 321 g/mol. The molecule has 0 unspecified atom stereocenters. The number of nitrogens with zero attached hydrogens (tertiary/aromatic N) is 4. The highest BCUT2D eigenvalue weighted by molar-refractivity contribution is 5.51. The summed E-state index contributed by atoms with van der Waals surface area (Å²) in [6, 6.07) is 1.90. The minimum absolute atomic E-state index is 0.0242. The average Bonchev–Trinajstić information content (AvgIpc) is 3.00. The Labute approximate surface area is 134 Å². The maximum Gasteiger partial charge on any atom is 0.332 e. The zero-order valence-corrected chi connectivity index (χ0v) is 13.8. The summed E-state index contributed by atoms with van der Waals surface area (Å²) in [5.41, 5.74) is -1.03. The van der Waals surface area contributed by atoms with Crippen LogP contribution >= 0.6 is 0 Å². The van der Waals surface area contributed by atoms with Gasteiger partial charge in [0.15, 0.2) is 5.56 Å². The first-order valence-electron chi connectivity index (χ1n) is 7.64. The van der Waals surface area contributed by atoms with Crippen LogP contribution in [0.2, 0.25) is 0 Å². The van der Waals surface area contributed by atoms with Gasteiger partial charge in [0, 0.05) is 40.8 Å². The van der Waals surface area contributed by atoms with E-state index in [2.05, 4.69) is 10.2 Å². The predicted molar refractivity (Wildman–Crippen MR) is 86.6 cm³/mol. The number of hydrogen-bond acceptors (Lipinski definition) is 6. The molecular formula is C15H23N5O3. The van der Waals surface area contributed by atoms with E-state index in [0.29, 0.717) is 24.9 Å². The fourth-order valence-corrected chi connectivity index (χ4v) is 2.90. The molecule has 0 aromatic carbocycles. The number of hydrogen-bond donors (Lipinski definition) is 1.